The first-order chi connectivity index (χ1) is 7.09. The predicted molar refractivity (Wildman–Crippen MR) is 69.4 cm³/mol. The highest BCUT2D eigenvalue weighted by molar-refractivity contribution is 7.10. The van der Waals surface area contributed by atoms with Gasteiger partial charge < -0.3 is 5.32 Å². The monoisotopic (exact) mass is 225 g/mol. The van der Waals surface area contributed by atoms with E-state index in [4.69, 9.17) is 0 Å². The normalized spacial score (nSPS) is 15.5. The molecule has 15 heavy (non-hydrogen) atoms. The van der Waals surface area contributed by atoms with Crippen LogP contribution in [0.3, 0.4) is 0 Å². The Bertz CT molecular complexity index is 254. The first-order valence-corrected chi connectivity index (χ1v) is 6.77. The van der Waals surface area contributed by atoms with Crippen molar-refractivity contribution >= 4 is 11.3 Å². The molecule has 1 aromatic rings. The molecule has 2 unspecified atom stereocenters. The van der Waals surface area contributed by atoms with Crippen molar-refractivity contribution in [1.82, 2.24) is 5.32 Å². The standard InChI is InChI=1S/C13H23NS/c1-10(2)7-8-11(3)14-12(4)13-6-5-9-15-13/h5-6,9-12,14H,7-8H2,1-4H3. The van der Waals surface area contributed by atoms with Crippen LogP contribution in [-0.4, -0.2) is 6.04 Å². The number of hydrogen-bond donors (Lipinski definition) is 1. The van der Waals surface area contributed by atoms with Gasteiger partial charge in [0.1, 0.15) is 0 Å². The third-order valence-electron chi connectivity index (χ3n) is 2.68. The molecule has 0 aliphatic heterocycles. The molecule has 0 aliphatic rings. The molecule has 0 fully saturated rings. The van der Waals surface area contributed by atoms with Crippen LogP contribution in [0.2, 0.25) is 0 Å². The number of nitrogens with one attached hydrogen (secondary N) is 1. The minimum absolute atomic E-state index is 0.493. The van der Waals surface area contributed by atoms with E-state index in [-0.39, 0.29) is 0 Å². The topological polar surface area (TPSA) is 12.0 Å². The van der Waals surface area contributed by atoms with Crippen LogP contribution in [0.4, 0.5) is 0 Å². The lowest BCUT2D eigenvalue weighted by atomic mass is 10.0. The average Bonchev–Trinajstić information content (AvgIpc) is 2.67. The van der Waals surface area contributed by atoms with Crippen molar-refractivity contribution in [3.63, 3.8) is 0 Å². The van der Waals surface area contributed by atoms with Gasteiger partial charge in [-0.1, -0.05) is 19.9 Å². The second-order valence-corrected chi connectivity index (χ2v) is 5.76. The Hall–Kier alpha value is -0.340. The zero-order valence-electron chi connectivity index (χ0n) is 10.3. The van der Waals surface area contributed by atoms with Crippen LogP contribution >= 0.6 is 11.3 Å². The van der Waals surface area contributed by atoms with Gasteiger partial charge in [0.15, 0.2) is 0 Å². The highest BCUT2D eigenvalue weighted by Gasteiger charge is 2.10. The summed E-state index contributed by atoms with van der Waals surface area (Å²) in [4.78, 5) is 1.44. The van der Waals surface area contributed by atoms with E-state index < -0.39 is 0 Å². The molecule has 0 amide bonds. The van der Waals surface area contributed by atoms with Crippen LogP contribution in [0.1, 0.15) is 51.5 Å². The Morgan fingerprint density at radius 2 is 1.93 bits per heavy atom. The summed E-state index contributed by atoms with van der Waals surface area (Å²) in [5.74, 6) is 0.811. The Balaban J connectivity index is 2.28. The fourth-order valence-corrected chi connectivity index (χ4v) is 2.46. The lowest BCUT2D eigenvalue weighted by Gasteiger charge is -2.19. The van der Waals surface area contributed by atoms with Crippen LogP contribution in [0.25, 0.3) is 0 Å². The zero-order valence-corrected chi connectivity index (χ0v) is 11.1. The van der Waals surface area contributed by atoms with Crippen LogP contribution in [0.15, 0.2) is 17.5 Å². The smallest absolute Gasteiger partial charge is 0.0388 e. The van der Waals surface area contributed by atoms with E-state index in [0.717, 1.165) is 5.92 Å². The van der Waals surface area contributed by atoms with E-state index in [1.165, 1.54) is 17.7 Å². The lowest BCUT2D eigenvalue weighted by molar-refractivity contribution is 0.419. The molecule has 0 aliphatic carbocycles. The zero-order chi connectivity index (χ0) is 11.3. The summed E-state index contributed by atoms with van der Waals surface area (Å²) in [6, 6.07) is 5.44. The van der Waals surface area contributed by atoms with E-state index in [2.05, 4.69) is 50.5 Å². The van der Waals surface area contributed by atoms with Crippen molar-refractivity contribution in [3.8, 4) is 0 Å². The van der Waals surface area contributed by atoms with Crippen molar-refractivity contribution < 1.29 is 0 Å². The Labute approximate surface area is 97.9 Å². The first-order valence-electron chi connectivity index (χ1n) is 5.89. The van der Waals surface area contributed by atoms with E-state index >= 15 is 0 Å². The van der Waals surface area contributed by atoms with Crippen molar-refractivity contribution in [2.24, 2.45) is 5.92 Å². The van der Waals surface area contributed by atoms with Gasteiger partial charge in [0, 0.05) is 17.0 Å². The maximum absolute atomic E-state index is 3.65. The summed E-state index contributed by atoms with van der Waals surface area (Å²) in [6.45, 7) is 9.11. The average molecular weight is 225 g/mol. The van der Waals surface area contributed by atoms with Gasteiger partial charge in [-0.2, -0.15) is 0 Å². The van der Waals surface area contributed by atoms with Crippen molar-refractivity contribution in [1.29, 1.82) is 0 Å². The Morgan fingerprint density at radius 3 is 2.47 bits per heavy atom. The maximum atomic E-state index is 3.65. The molecule has 2 atom stereocenters. The quantitative estimate of drug-likeness (QED) is 0.764. The highest BCUT2D eigenvalue weighted by atomic mass is 32.1. The van der Waals surface area contributed by atoms with Gasteiger partial charge >= 0.3 is 0 Å². The summed E-state index contributed by atoms with van der Waals surface area (Å²) in [5.41, 5.74) is 0. The van der Waals surface area contributed by atoms with Crippen LogP contribution in [0, 0.1) is 5.92 Å². The fraction of sp³-hybridized carbons (Fsp3) is 0.692. The van der Waals surface area contributed by atoms with E-state index in [1.54, 1.807) is 0 Å². The second kappa shape index (κ2) is 6.29. The lowest BCUT2D eigenvalue weighted by Crippen LogP contribution is -2.28. The molecule has 1 rings (SSSR count). The van der Waals surface area contributed by atoms with Gasteiger partial charge in [-0.15, -0.1) is 11.3 Å². The molecular weight excluding hydrogens is 202 g/mol. The molecule has 1 nitrogen and oxygen atoms in total. The molecule has 1 aromatic heterocycles. The summed E-state index contributed by atoms with van der Waals surface area (Å²) in [6.07, 6.45) is 2.58. The third kappa shape index (κ3) is 4.80. The fourth-order valence-electron chi connectivity index (χ4n) is 1.71. The molecule has 0 radical (unpaired) electrons. The molecule has 1 N–H and O–H groups in total. The van der Waals surface area contributed by atoms with E-state index in [0.29, 0.717) is 12.1 Å². The number of rotatable bonds is 6. The van der Waals surface area contributed by atoms with E-state index in [1.807, 2.05) is 11.3 Å². The number of hydrogen-bond acceptors (Lipinski definition) is 2. The number of thiophene rings is 1. The SMILES string of the molecule is CC(C)CCC(C)NC(C)c1cccs1. The van der Waals surface area contributed by atoms with Gasteiger partial charge in [-0.05, 0) is 44.1 Å². The molecule has 0 saturated carbocycles. The molecule has 0 bridgehead atoms. The largest absolute Gasteiger partial charge is 0.307 e. The summed E-state index contributed by atoms with van der Waals surface area (Å²) >= 11 is 1.83. The molecule has 0 saturated heterocycles. The Kier molecular flexibility index (Phi) is 5.34. The molecule has 86 valence electrons. The first kappa shape index (κ1) is 12.7. The van der Waals surface area contributed by atoms with Crippen molar-refractivity contribution in [3.05, 3.63) is 22.4 Å². The molecule has 1 heterocycles. The molecule has 2 heteroatoms. The maximum Gasteiger partial charge on any atom is 0.0388 e. The molecular formula is C13H23NS. The van der Waals surface area contributed by atoms with Crippen LogP contribution in [-0.2, 0) is 0 Å². The Morgan fingerprint density at radius 1 is 1.20 bits per heavy atom. The minimum atomic E-state index is 0.493. The van der Waals surface area contributed by atoms with Gasteiger partial charge in [-0.3, -0.25) is 0 Å². The predicted octanol–water partition coefficient (Wildman–Crippen LogP) is 4.22. The second-order valence-electron chi connectivity index (χ2n) is 4.78. The highest BCUT2D eigenvalue weighted by Crippen LogP contribution is 2.19. The van der Waals surface area contributed by atoms with Crippen LogP contribution in [0.5, 0.6) is 0 Å². The van der Waals surface area contributed by atoms with Crippen molar-refractivity contribution in [2.45, 2.75) is 52.6 Å². The van der Waals surface area contributed by atoms with Gasteiger partial charge in [0.2, 0.25) is 0 Å². The summed E-state index contributed by atoms with van der Waals surface area (Å²) in [7, 11) is 0. The van der Waals surface area contributed by atoms with Gasteiger partial charge in [-0.25, -0.2) is 0 Å². The third-order valence-corrected chi connectivity index (χ3v) is 3.74. The summed E-state index contributed by atoms with van der Waals surface area (Å²) in [5, 5.41) is 5.79. The van der Waals surface area contributed by atoms with Crippen LogP contribution < -0.4 is 5.32 Å². The molecule has 0 aromatic carbocycles. The van der Waals surface area contributed by atoms with Gasteiger partial charge in [0.05, 0.1) is 0 Å². The minimum Gasteiger partial charge on any atom is -0.307 e. The van der Waals surface area contributed by atoms with Gasteiger partial charge in [0.25, 0.3) is 0 Å². The van der Waals surface area contributed by atoms with Crippen molar-refractivity contribution in [2.75, 3.05) is 0 Å². The molecule has 0 spiro atoms. The summed E-state index contributed by atoms with van der Waals surface area (Å²) < 4.78 is 0. The van der Waals surface area contributed by atoms with E-state index in [9.17, 15) is 0 Å².